The minimum Gasteiger partial charge on any atom is -0.493 e. The summed E-state index contributed by atoms with van der Waals surface area (Å²) < 4.78 is 13.1. The first-order chi connectivity index (χ1) is 14.0. The molecule has 1 atom stereocenters. The zero-order valence-corrected chi connectivity index (χ0v) is 17.8. The lowest BCUT2D eigenvalue weighted by atomic mass is 10.2. The third-order valence-corrected chi connectivity index (χ3v) is 4.95. The van der Waals surface area contributed by atoms with Crippen LogP contribution in [0.4, 0.5) is 0 Å². The molecule has 0 spiro atoms. The summed E-state index contributed by atoms with van der Waals surface area (Å²) in [5.41, 5.74) is 6.82. The SMILES string of the molecule is CCOc1c(Br)cc(C(=O)NNC(=O)C(C)n2cnc3ccccc32)cc1OC. The molecule has 8 nitrogen and oxygen atoms in total. The first-order valence-electron chi connectivity index (χ1n) is 8.98. The molecule has 0 saturated heterocycles. The number of imidazole rings is 1. The third kappa shape index (κ3) is 4.34. The number of halogens is 1. The van der Waals surface area contributed by atoms with Crippen LogP contribution < -0.4 is 20.3 Å². The Bertz CT molecular complexity index is 1050. The summed E-state index contributed by atoms with van der Waals surface area (Å²) in [7, 11) is 1.49. The minimum absolute atomic E-state index is 0.304. The molecule has 0 bridgehead atoms. The highest BCUT2D eigenvalue weighted by molar-refractivity contribution is 9.10. The van der Waals surface area contributed by atoms with Crippen molar-refractivity contribution in [3.05, 3.63) is 52.8 Å². The largest absolute Gasteiger partial charge is 0.493 e. The van der Waals surface area contributed by atoms with E-state index in [0.717, 1.165) is 11.0 Å². The van der Waals surface area contributed by atoms with Crippen molar-refractivity contribution in [3.63, 3.8) is 0 Å². The Hall–Kier alpha value is -3.07. The molecule has 0 aliphatic heterocycles. The topological polar surface area (TPSA) is 94.5 Å². The highest BCUT2D eigenvalue weighted by atomic mass is 79.9. The summed E-state index contributed by atoms with van der Waals surface area (Å²) in [5.74, 6) is 0.0636. The summed E-state index contributed by atoms with van der Waals surface area (Å²) in [5, 5.41) is 0. The van der Waals surface area contributed by atoms with E-state index in [0.29, 0.717) is 28.1 Å². The second kappa shape index (κ2) is 8.95. The van der Waals surface area contributed by atoms with Gasteiger partial charge in [0.25, 0.3) is 11.8 Å². The maximum Gasteiger partial charge on any atom is 0.269 e. The lowest BCUT2D eigenvalue weighted by molar-refractivity contribution is -0.124. The summed E-state index contributed by atoms with van der Waals surface area (Å²) in [4.78, 5) is 29.3. The zero-order chi connectivity index (χ0) is 21.0. The van der Waals surface area contributed by atoms with E-state index in [1.165, 1.54) is 7.11 Å². The van der Waals surface area contributed by atoms with Gasteiger partial charge in [-0.15, -0.1) is 0 Å². The first kappa shape index (κ1) is 20.7. The summed E-state index contributed by atoms with van der Waals surface area (Å²) in [6.45, 7) is 4.04. The Kier molecular flexibility index (Phi) is 6.38. The standard InChI is InChI=1S/C20H21BrN4O4/c1-4-29-18-14(21)9-13(10-17(18)28-3)20(27)24-23-19(26)12(2)25-11-22-15-7-5-6-8-16(15)25/h5-12H,4H2,1-3H3,(H,23,26)(H,24,27). The minimum atomic E-state index is -0.565. The highest BCUT2D eigenvalue weighted by Crippen LogP contribution is 2.36. The van der Waals surface area contributed by atoms with E-state index in [1.54, 1.807) is 30.0 Å². The average molecular weight is 461 g/mol. The van der Waals surface area contributed by atoms with Crippen molar-refractivity contribution in [2.24, 2.45) is 0 Å². The van der Waals surface area contributed by atoms with Crippen molar-refractivity contribution in [2.75, 3.05) is 13.7 Å². The number of carbonyl (C=O) groups is 2. The molecule has 0 fully saturated rings. The van der Waals surface area contributed by atoms with Gasteiger partial charge in [0, 0.05) is 5.56 Å². The Morgan fingerprint density at radius 3 is 2.72 bits per heavy atom. The molecular weight excluding hydrogens is 440 g/mol. The van der Waals surface area contributed by atoms with Crippen molar-refractivity contribution in [1.82, 2.24) is 20.4 Å². The van der Waals surface area contributed by atoms with E-state index < -0.39 is 11.9 Å². The monoisotopic (exact) mass is 460 g/mol. The van der Waals surface area contributed by atoms with Gasteiger partial charge in [-0.25, -0.2) is 4.98 Å². The smallest absolute Gasteiger partial charge is 0.269 e. The number of aromatic nitrogens is 2. The van der Waals surface area contributed by atoms with Gasteiger partial charge in [0.2, 0.25) is 0 Å². The molecule has 29 heavy (non-hydrogen) atoms. The van der Waals surface area contributed by atoms with E-state index in [-0.39, 0.29) is 5.91 Å². The quantitative estimate of drug-likeness (QED) is 0.550. The molecule has 9 heteroatoms. The number of benzene rings is 2. The number of hydrogen-bond acceptors (Lipinski definition) is 5. The number of amides is 2. The van der Waals surface area contributed by atoms with E-state index in [1.807, 2.05) is 31.2 Å². The number of fused-ring (bicyclic) bond motifs is 1. The van der Waals surface area contributed by atoms with E-state index in [2.05, 4.69) is 31.8 Å². The number of nitrogens with one attached hydrogen (secondary N) is 2. The number of rotatable bonds is 6. The van der Waals surface area contributed by atoms with Crippen LogP contribution in [-0.4, -0.2) is 35.1 Å². The molecular formula is C20H21BrN4O4. The van der Waals surface area contributed by atoms with Crippen LogP contribution in [0.5, 0.6) is 11.5 Å². The predicted molar refractivity (Wildman–Crippen MR) is 112 cm³/mol. The first-order valence-corrected chi connectivity index (χ1v) is 9.77. The fraction of sp³-hybridized carbons (Fsp3) is 0.250. The van der Waals surface area contributed by atoms with E-state index in [9.17, 15) is 9.59 Å². The maximum atomic E-state index is 12.5. The van der Waals surface area contributed by atoms with Crippen LogP contribution in [0.2, 0.25) is 0 Å². The van der Waals surface area contributed by atoms with Crippen molar-refractivity contribution in [2.45, 2.75) is 19.9 Å². The van der Waals surface area contributed by atoms with Crippen LogP contribution in [0.25, 0.3) is 11.0 Å². The van der Waals surface area contributed by atoms with Gasteiger partial charge in [0.05, 0.1) is 35.6 Å². The van der Waals surface area contributed by atoms with Crippen LogP contribution in [-0.2, 0) is 4.79 Å². The fourth-order valence-corrected chi connectivity index (χ4v) is 3.40. The maximum absolute atomic E-state index is 12.5. The molecule has 1 aromatic heterocycles. The molecule has 152 valence electrons. The molecule has 3 rings (SSSR count). The second-order valence-corrected chi connectivity index (χ2v) is 7.04. The van der Waals surface area contributed by atoms with Crippen LogP contribution in [0.15, 0.2) is 47.2 Å². The van der Waals surface area contributed by atoms with Gasteiger partial charge >= 0.3 is 0 Å². The van der Waals surface area contributed by atoms with Crippen LogP contribution >= 0.6 is 15.9 Å². The van der Waals surface area contributed by atoms with Crippen molar-refractivity contribution >= 4 is 38.8 Å². The van der Waals surface area contributed by atoms with E-state index >= 15 is 0 Å². The number of nitrogens with zero attached hydrogens (tertiary/aromatic N) is 2. The Morgan fingerprint density at radius 1 is 1.24 bits per heavy atom. The Balaban J connectivity index is 1.70. The fourth-order valence-electron chi connectivity index (χ4n) is 2.84. The average Bonchev–Trinajstić information content (AvgIpc) is 3.16. The van der Waals surface area contributed by atoms with Crippen LogP contribution in [0.3, 0.4) is 0 Å². The van der Waals surface area contributed by atoms with Gasteiger partial charge < -0.3 is 14.0 Å². The lowest BCUT2D eigenvalue weighted by Crippen LogP contribution is -2.44. The van der Waals surface area contributed by atoms with Gasteiger partial charge in [0.1, 0.15) is 6.04 Å². The number of carbonyl (C=O) groups excluding carboxylic acids is 2. The Labute approximate surface area is 176 Å². The normalized spacial score (nSPS) is 11.7. The number of methoxy groups -OCH3 is 1. The molecule has 0 aliphatic rings. The molecule has 2 amide bonds. The van der Waals surface area contributed by atoms with Crippen LogP contribution in [0, 0.1) is 0 Å². The molecule has 1 unspecified atom stereocenters. The number of ether oxygens (including phenoxy) is 2. The van der Waals surface area contributed by atoms with Gasteiger partial charge in [-0.1, -0.05) is 12.1 Å². The predicted octanol–water partition coefficient (Wildman–Crippen LogP) is 3.23. The van der Waals surface area contributed by atoms with Crippen molar-refractivity contribution < 1.29 is 19.1 Å². The summed E-state index contributed by atoms with van der Waals surface area (Å²) in [6.07, 6.45) is 1.60. The second-order valence-electron chi connectivity index (χ2n) is 6.18. The van der Waals surface area contributed by atoms with E-state index in [4.69, 9.17) is 9.47 Å². The van der Waals surface area contributed by atoms with Gasteiger partial charge in [-0.2, -0.15) is 0 Å². The molecule has 1 heterocycles. The highest BCUT2D eigenvalue weighted by Gasteiger charge is 2.19. The lowest BCUT2D eigenvalue weighted by Gasteiger charge is -2.16. The summed E-state index contributed by atoms with van der Waals surface area (Å²) in [6, 6.07) is 10.1. The van der Waals surface area contributed by atoms with Crippen LogP contribution in [0.1, 0.15) is 30.2 Å². The zero-order valence-electron chi connectivity index (χ0n) is 16.2. The Morgan fingerprint density at radius 2 is 2.00 bits per heavy atom. The summed E-state index contributed by atoms with van der Waals surface area (Å²) >= 11 is 3.38. The third-order valence-electron chi connectivity index (χ3n) is 4.36. The van der Waals surface area contributed by atoms with Gasteiger partial charge in [0.15, 0.2) is 11.5 Å². The molecule has 2 N–H and O–H groups in total. The van der Waals surface area contributed by atoms with Gasteiger partial charge in [-0.3, -0.25) is 20.4 Å². The number of hydrazine groups is 1. The number of hydrogen-bond donors (Lipinski definition) is 2. The molecule has 0 aliphatic carbocycles. The number of para-hydroxylation sites is 2. The van der Waals surface area contributed by atoms with Crippen molar-refractivity contribution in [1.29, 1.82) is 0 Å². The van der Waals surface area contributed by atoms with Gasteiger partial charge in [-0.05, 0) is 54.0 Å². The molecule has 3 aromatic rings. The molecule has 0 saturated carbocycles. The molecule has 0 radical (unpaired) electrons. The van der Waals surface area contributed by atoms with Crippen molar-refractivity contribution in [3.8, 4) is 11.5 Å². The molecule has 2 aromatic carbocycles.